The van der Waals surface area contributed by atoms with Crippen molar-refractivity contribution in [2.75, 3.05) is 0 Å². The number of nitrogens with two attached hydrogens (primary N) is 3. The van der Waals surface area contributed by atoms with Crippen LogP contribution in [0.15, 0.2) is 0 Å². The summed E-state index contributed by atoms with van der Waals surface area (Å²) in [6.45, 7) is 0. The minimum atomic E-state index is -4.17. The van der Waals surface area contributed by atoms with E-state index in [0.717, 1.165) is 0 Å². The lowest BCUT2D eigenvalue weighted by atomic mass is 10.9. The van der Waals surface area contributed by atoms with Crippen molar-refractivity contribution in [3.05, 3.63) is 0 Å². The van der Waals surface area contributed by atoms with E-state index < -0.39 is 22.3 Å². The zero-order valence-electron chi connectivity index (χ0n) is 5.81. The Labute approximate surface area is 68.3 Å². The summed E-state index contributed by atoms with van der Waals surface area (Å²) in [5.74, 6) is -0.437. The summed E-state index contributed by atoms with van der Waals surface area (Å²) in [5, 5.41) is 12.1. The van der Waals surface area contributed by atoms with E-state index in [-0.39, 0.29) is 0 Å². The number of hydrogen-bond acceptors (Lipinski definition) is 4. The summed E-state index contributed by atoms with van der Waals surface area (Å²) in [7, 11) is -4.17. The van der Waals surface area contributed by atoms with E-state index in [0.29, 0.717) is 0 Å². The lowest BCUT2D eigenvalue weighted by Crippen LogP contribution is -2.39. The third-order valence-electron chi connectivity index (χ3n) is 0.258. The van der Waals surface area contributed by atoms with Crippen molar-refractivity contribution in [2.45, 2.75) is 0 Å². The predicted octanol–water partition coefficient (Wildman–Crippen LogP) is -2.70. The molecule has 0 rings (SSSR count). The summed E-state index contributed by atoms with van der Waals surface area (Å²) >= 11 is 0. The van der Waals surface area contributed by atoms with Gasteiger partial charge in [0.15, 0.2) is 5.96 Å². The number of primary amides is 1. The molecule has 0 saturated heterocycles. The lowest BCUT2D eigenvalue weighted by molar-refractivity contribution is 0.253. The smallest absolute Gasteiger partial charge is 0.330 e. The standard InChI is InChI=1S/C2H6N4O.H3NO3S/c3-1(4)6-2(5)7;1-5(2,3)4/h(H6,3,4,5,6,7);(H3,1,2,3,4). The van der Waals surface area contributed by atoms with E-state index in [9.17, 15) is 4.79 Å². The summed E-state index contributed by atoms with van der Waals surface area (Å²) in [5.41, 5.74) is 9.19. The number of nitrogens with one attached hydrogen (secondary N) is 2. The molecule has 2 amide bonds. The highest BCUT2D eigenvalue weighted by molar-refractivity contribution is 7.83. The Balaban J connectivity index is 0. The van der Waals surface area contributed by atoms with Gasteiger partial charge < -0.3 is 11.5 Å². The van der Waals surface area contributed by atoms with Crippen LogP contribution in [0.1, 0.15) is 0 Å². The molecule has 0 atom stereocenters. The van der Waals surface area contributed by atoms with Gasteiger partial charge in [-0.05, 0) is 0 Å². The average molecular weight is 199 g/mol. The highest BCUT2D eigenvalue weighted by Gasteiger charge is 1.88. The zero-order chi connectivity index (χ0) is 10.4. The molecule has 0 aliphatic carbocycles. The summed E-state index contributed by atoms with van der Waals surface area (Å²) in [6.07, 6.45) is 0. The van der Waals surface area contributed by atoms with Crippen molar-refractivity contribution in [3.63, 3.8) is 0 Å². The van der Waals surface area contributed by atoms with Crippen LogP contribution >= 0.6 is 0 Å². The maximum absolute atomic E-state index is 9.70. The van der Waals surface area contributed by atoms with Crippen LogP contribution in [0.4, 0.5) is 4.79 Å². The molecule has 0 bridgehead atoms. The highest BCUT2D eigenvalue weighted by Crippen LogP contribution is 1.50. The highest BCUT2D eigenvalue weighted by atomic mass is 32.2. The zero-order valence-corrected chi connectivity index (χ0v) is 6.63. The van der Waals surface area contributed by atoms with Crippen LogP contribution in [0, 0.1) is 5.41 Å². The normalized spacial score (nSPS) is 9.17. The minimum absolute atomic E-state index is 0.437. The first-order chi connectivity index (χ1) is 5.13. The maximum Gasteiger partial charge on any atom is 0.330 e. The first kappa shape index (κ1) is 13.2. The molecule has 9 N–H and O–H groups in total. The second kappa shape index (κ2) is 5.29. The molecule has 0 aromatic carbocycles. The molecule has 0 aromatic heterocycles. The van der Waals surface area contributed by atoms with Crippen LogP contribution < -0.4 is 21.9 Å². The molecule has 12 heavy (non-hydrogen) atoms. The second-order valence-corrected chi connectivity index (χ2v) is 2.45. The topological polar surface area (TPSA) is 185 Å². The fourth-order valence-electron chi connectivity index (χ4n) is 0.133. The van der Waals surface area contributed by atoms with Gasteiger partial charge in [0.25, 0.3) is 0 Å². The molecule has 0 aromatic rings. The van der Waals surface area contributed by atoms with E-state index in [4.69, 9.17) is 18.4 Å². The quantitative estimate of drug-likeness (QED) is 0.140. The van der Waals surface area contributed by atoms with Gasteiger partial charge in [-0.1, -0.05) is 0 Å². The molecule has 0 aliphatic rings. The Morgan fingerprint density at radius 3 is 1.67 bits per heavy atom. The molecule has 0 aliphatic heterocycles. The molecule has 0 fully saturated rings. The number of carbonyl (C=O) groups is 1. The summed E-state index contributed by atoms with van der Waals surface area (Å²) in [6, 6.07) is -0.812. The molecular formula is C2H9N5O4S. The van der Waals surface area contributed by atoms with Crippen molar-refractivity contribution in [1.29, 1.82) is 5.41 Å². The van der Waals surface area contributed by atoms with Crippen molar-refractivity contribution in [3.8, 4) is 0 Å². The Morgan fingerprint density at radius 2 is 1.67 bits per heavy atom. The van der Waals surface area contributed by atoms with Crippen molar-refractivity contribution in [2.24, 2.45) is 16.6 Å². The molecule has 0 heterocycles. The van der Waals surface area contributed by atoms with E-state index in [1.165, 1.54) is 0 Å². The average Bonchev–Trinajstić information content (AvgIpc) is 1.52. The number of amides is 2. The van der Waals surface area contributed by atoms with Crippen molar-refractivity contribution >= 4 is 22.3 Å². The Bertz CT molecular complexity index is 237. The molecule has 72 valence electrons. The van der Waals surface area contributed by atoms with Crippen molar-refractivity contribution < 1.29 is 17.8 Å². The predicted molar refractivity (Wildman–Crippen MR) is 40.4 cm³/mol. The molecule has 9 nitrogen and oxygen atoms in total. The largest absolute Gasteiger partial charge is 0.370 e. The molecule has 0 unspecified atom stereocenters. The Morgan fingerprint density at radius 1 is 1.42 bits per heavy atom. The van der Waals surface area contributed by atoms with Crippen molar-refractivity contribution in [1.82, 2.24) is 5.32 Å². The summed E-state index contributed by atoms with van der Waals surface area (Å²) in [4.78, 5) is 9.70. The number of urea groups is 1. The van der Waals surface area contributed by atoms with Crippen LogP contribution in [-0.4, -0.2) is 25.0 Å². The van der Waals surface area contributed by atoms with Gasteiger partial charge in [-0.15, -0.1) is 0 Å². The SMILES string of the molecule is N=C(N)NC(N)=O.NS(=O)(=O)O. The van der Waals surface area contributed by atoms with E-state index in [2.05, 4.69) is 16.6 Å². The number of hydrogen-bond donors (Lipinski definition) is 6. The lowest BCUT2D eigenvalue weighted by Gasteiger charge is -1.91. The summed E-state index contributed by atoms with van der Waals surface area (Å²) < 4.78 is 25.2. The first-order valence-corrected chi connectivity index (χ1v) is 3.79. The minimum Gasteiger partial charge on any atom is -0.370 e. The first-order valence-electron chi connectivity index (χ1n) is 2.28. The van der Waals surface area contributed by atoms with Gasteiger partial charge >= 0.3 is 16.3 Å². The van der Waals surface area contributed by atoms with Gasteiger partial charge in [0.2, 0.25) is 0 Å². The molecule has 10 heteroatoms. The van der Waals surface area contributed by atoms with Gasteiger partial charge in [0.1, 0.15) is 0 Å². The van der Waals surface area contributed by atoms with Gasteiger partial charge in [-0.25, -0.2) is 9.93 Å². The van der Waals surface area contributed by atoms with E-state index in [1.54, 1.807) is 5.32 Å². The molecule has 0 radical (unpaired) electrons. The second-order valence-electron chi connectivity index (χ2n) is 1.42. The van der Waals surface area contributed by atoms with E-state index >= 15 is 0 Å². The van der Waals surface area contributed by atoms with Crippen LogP contribution in [0.3, 0.4) is 0 Å². The molecule has 0 saturated carbocycles. The maximum atomic E-state index is 9.70. The number of guanidine groups is 1. The third kappa shape index (κ3) is 73.2. The Kier molecular flexibility index (Phi) is 5.82. The Hall–Kier alpha value is -1.39. The van der Waals surface area contributed by atoms with Crippen LogP contribution in [0.2, 0.25) is 0 Å². The molecular weight excluding hydrogens is 190 g/mol. The monoisotopic (exact) mass is 199 g/mol. The van der Waals surface area contributed by atoms with Gasteiger partial charge in [0, 0.05) is 0 Å². The van der Waals surface area contributed by atoms with Crippen LogP contribution in [0.5, 0.6) is 0 Å². The van der Waals surface area contributed by atoms with Gasteiger partial charge in [0.05, 0.1) is 0 Å². The fraction of sp³-hybridized carbons (Fsp3) is 0. The fourth-order valence-corrected chi connectivity index (χ4v) is 0.133. The number of rotatable bonds is 0. The van der Waals surface area contributed by atoms with Gasteiger partial charge in [-0.2, -0.15) is 8.42 Å². The van der Waals surface area contributed by atoms with Crippen LogP contribution in [-0.2, 0) is 10.3 Å². The number of carbonyl (C=O) groups excluding carboxylic acids is 1. The van der Waals surface area contributed by atoms with Crippen LogP contribution in [0.25, 0.3) is 0 Å². The molecule has 0 spiro atoms. The van der Waals surface area contributed by atoms with E-state index in [1.807, 2.05) is 0 Å². The third-order valence-corrected chi connectivity index (χ3v) is 0.258. The van der Waals surface area contributed by atoms with Gasteiger partial charge in [-0.3, -0.25) is 15.3 Å².